The number of benzene rings is 3. The average Bonchev–Trinajstić information content (AvgIpc) is 2.96. The fraction of sp³-hybridized carbons (Fsp3) is 0.192. The summed E-state index contributed by atoms with van der Waals surface area (Å²) in [5, 5.41) is 17.8. The van der Waals surface area contributed by atoms with Gasteiger partial charge >= 0.3 is 0 Å². The topological polar surface area (TPSA) is 70.6 Å². The Morgan fingerprint density at radius 1 is 1.00 bits per heavy atom. The van der Waals surface area contributed by atoms with Crippen LogP contribution in [-0.2, 0) is 4.79 Å². The lowest BCUT2D eigenvalue weighted by Gasteiger charge is -2.30. The molecule has 0 spiro atoms. The number of hydrogen-bond acceptors (Lipinski definition) is 5. The summed E-state index contributed by atoms with van der Waals surface area (Å²) in [4.78, 5) is 13.6. The van der Waals surface area contributed by atoms with Crippen LogP contribution in [0.5, 0.6) is 11.5 Å². The number of carbonyl (C=O) groups is 1. The molecule has 1 heterocycles. The van der Waals surface area contributed by atoms with E-state index in [1.54, 1.807) is 12.1 Å². The van der Waals surface area contributed by atoms with E-state index >= 15 is 0 Å². The summed E-state index contributed by atoms with van der Waals surface area (Å²) in [7, 11) is 1.51. The normalized spacial score (nSPS) is 19.9. The molecule has 0 saturated heterocycles. The number of ketones is 1. The zero-order valence-corrected chi connectivity index (χ0v) is 18.3. The Balaban J connectivity index is 1.63. The predicted octanol–water partition coefficient (Wildman–Crippen LogP) is 6.03. The third kappa shape index (κ3) is 3.59. The fourth-order valence-corrected chi connectivity index (χ4v) is 4.93. The molecule has 3 aromatic rings. The first kappa shape index (κ1) is 20.5. The largest absolute Gasteiger partial charge is 0.504 e. The smallest absolute Gasteiger partial charge is 0.163 e. The number of halogens is 1. The third-order valence-electron chi connectivity index (χ3n) is 6.19. The SMILES string of the molecule is COc1cc([C@H]2Nc3ccccc3NC3=C2C(=O)C[C@@H](c2ccccc2Cl)C3)ccc1O. The lowest BCUT2D eigenvalue weighted by molar-refractivity contribution is -0.116. The predicted molar refractivity (Wildman–Crippen MR) is 127 cm³/mol. The molecule has 5 nitrogen and oxygen atoms in total. The van der Waals surface area contributed by atoms with Crippen molar-refractivity contribution in [2.45, 2.75) is 24.8 Å². The Morgan fingerprint density at radius 3 is 2.53 bits per heavy atom. The van der Waals surface area contributed by atoms with Crippen LogP contribution < -0.4 is 15.4 Å². The Hall–Kier alpha value is -3.44. The van der Waals surface area contributed by atoms with E-state index in [1.165, 1.54) is 7.11 Å². The van der Waals surface area contributed by atoms with Crippen LogP contribution in [0.3, 0.4) is 0 Å². The molecule has 2 aliphatic rings. The van der Waals surface area contributed by atoms with Gasteiger partial charge in [-0.05, 0) is 53.8 Å². The van der Waals surface area contributed by atoms with Gasteiger partial charge in [0, 0.05) is 22.7 Å². The zero-order chi connectivity index (χ0) is 22.2. The first-order chi connectivity index (χ1) is 15.5. The van der Waals surface area contributed by atoms with E-state index in [0.717, 1.165) is 28.2 Å². The van der Waals surface area contributed by atoms with Crippen molar-refractivity contribution in [3.05, 3.63) is 94.1 Å². The van der Waals surface area contributed by atoms with Crippen molar-refractivity contribution < 1.29 is 14.6 Å². The lowest BCUT2D eigenvalue weighted by Crippen LogP contribution is -2.27. The highest BCUT2D eigenvalue weighted by molar-refractivity contribution is 6.31. The van der Waals surface area contributed by atoms with Crippen molar-refractivity contribution >= 4 is 28.8 Å². The van der Waals surface area contributed by atoms with Crippen LogP contribution in [0.15, 0.2) is 78.0 Å². The number of carbonyl (C=O) groups excluding carboxylic acids is 1. The number of allylic oxidation sites excluding steroid dienone is 1. The monoisotopic (exact) mass is 446 g/mol. The summed E-state index contributed by atoms with van der Waals surface area (Å²) in [5.74, 6) is 0.504. The Morgan fingerprint density at radius 2 is 1.75 bits per heavy atom. The van der Waals surface area contributed by atoms with Gasteiger partial charge in [-0.25, -0.2) is 0 Å². The molecule has 0 fully saturated rings. The molecule has 0 radical (unpaired) electrons. The van der Waals surface area contributed by atoms with Crippen LogP contribution in [0.2, 0.25) is 5.02 Å². The zero-order valence-electron chi connectivity index (χ0n) is 17.6. The van der Waals surface area contributed by atoms with Gasteiger partial charge < -0.3 is 20.5 Å². The highest BCUT2D eigenvalue weighted by Gasteiger charge is 2.36. The van der Waals surface area contributed by atoms with Gasteiger partial charge in [0.25, 0.3) is 0 Å². The Kier molecular flexibility index (Phi) is 5.27. The second-order valence-electron chi connectivity index (χ2n) is 8.12. The molecule has 162 valence electrons. The highest BCUT2D eigenvalue weighted by Crippen LogP contribution is 2.46. The molecule has 32 heavy (non-hydrogen) atoms. The number of rotatable bonds is 3. The van der Waals surface area contributed by atoms with Gasteiger partial charge in [-0.15, -0.1) is 0 Å². The van der Waals surface area contributed by atoms with Crippen molar-refractivity contribution in [2.24, 2.45) is 0 Å². The molecule has 1 aliphatic carbocycles. The average molecular weight is 447 g/mol. The van der Waals surface area contributed by atoms with E-state index in [4.69, 9.17) is 16.3 Å². The maximum atomic E-state index is 13.6. The van der Waals surface area contributed by atoms with Crippen LogP contribution in [-0.4, -0.2) is 18.0 Å². The number of ether oxygens (including phenoxy) is 1. The molecule has 1 aliphatic heterocycles. The lowest BCUT2D eigenvalue weighted by atomic mass is 9.78. The maximum absolute atomic E-state index is 13.6. The second kappa shape index (κ2) is 8.24. The van der Waals surface area contributed by atoms with Crippen LogP contribution >= 0.6 is 11.6 Å². The minimum atomic E-state index is -0.379. The molecule has 6 heteroatoms. The second-order valence-corrected chi connectivity index (χ2v) is 8.53. The van der Waals surface area contributed by atoms with E-state index in [9.17, 15) is 9.90 Å². The first-order valence-corrected chi connectivity index (χ1v) is 10.9. The number of phenols is 1. The van der Waals surface area contributed by atoms with Gasteiger partial charge in [-0.2, -0.15) is 0 Å². The van der Waals surface area contributed by atoms with Crippen LogP contribution in [0, 0.1) is 0 Å². The third-order valence-corrected chi connectivity index (χ3v) is 6.54. The maximum Gasteiger partial charge on any atom is 0.163 e. The van der Waals surface area contributed by atoms with Crippen molar-refractivity contribution in [3.63, 3.8) is 0 Å². The number of methoxy groups -OCH3 is 1. The highest BCUT2D eigenvalue weighted by atomic mass is 35.5. The van der Waals surface area contributed by atoms with E-state index in [0.29, 0.717) is 29.2 Å². The van der Waals surface area contributed by atoms with Crippen LogP contribution in [0.1, 0.15) is 35.9 Å². The molecule has 3 N–H and O–H groups in total. The summed E-state index contributed by atoms with van der Waals surface area (Å²) >= 11 is 6.47. The summed E-state index contributed by atoms with van der Waals surface area (Å²) in [6.45, 7) is 0. The molecule has 0 saturated carbocycles. The molecule has 3 aromatic carbocycles. The van der Waals surface area contributed by atoms with Gasteiger partial charge in [0.05, 0.1) is 24.5 Å². The molecule has 0 bridgehead atoms. The molecule has 0 amide bonds. The van der Waals surface area contributed by atoms with Crippen molar-refractivity contribution in [3.8, 4) is 11.5 Å². The van der Waals surface area contributed by atoms with Crippen molar-refractivity contribution in [1.82, 2.24) is 0 Å². The van der Waals surface area contributed by atoms with Gasteiger partial charge in [0.1, 0.15) is 0 Å². The summed E-state index contributed by atoms with van der Waals surface area (Å²) in [6, 6.07) is 20.5. The van der Waals surface area contributed by atoms with Gasteiger partial charge in [-0.1, -0.05) is 48.0 Å². The van der Waals surface area contributed by atoms with Crippen molar-refractivity contribution in [2.75, 3.05) is 17.7 Å². The molecular formula is C26H23ClN2O3. The van der Waals surface area contributed by atoms with Crippen molar-refractivity contribution in [1.29, 1.82) is 0 Å². The Labute approximate surface area is 191 Å². The first-order valence-electron chi connectivity index (χ1n) is 10.6. The van der Waals surface area contributed by atoms with Gasteiger partial charge in [0.15, 0.2) is 17.3 Å². The quantitative estimate of drug-likeness (QED) is 0.458. The molecule has 0 aromatic heterocycles. The van der Waals surface area contributed by atoms with Gasteiger partial charge in [0.2, 0.25) is 0 Å². The number of para-hydroxylation sites is 2. The van der Waals surface area contributed by atoms with Gasteiger partial charge in [-0.3, -0.25) is 4.79 Å². The summed E-state index contributed by atoms with van der Waals surface area (Å²) in [6.07, 6.45) is 1.06. The number of nitrogens with one attached hydrogen (secondary N) is 2. The molecule has 5 rings (SSSR count). The number of hydrogen-bond donors (Lipinski definition) is 3. The van der Waals surface area contributed by atoms with E-state index in [2.05, 4.69) is 10.6 Å². The minimum Gasteiger partial charge on any atom is -0.504 e. The number of fused-ring (bicyclic) bond motifs is 1. The van der Waals surface area contributed by atoms with E-state index in [-0.39, 0.29) is 23.5 Å². The number of phenolic OH excluding ortho intramolecular Hbond substituents is 1. The summed E-state index contributed by atoms with van der Waals surface area (Å²) < 4.78 is 5.32. The van der Waals surface area contributed by atoms with Crippen LogP contribution in [0.4, 0.5) is 11.4 Å². The number of anilines is 2. The van der Waals surface area contributed by atoms with E-state index in [1.807, 2.05) is 54.6 Å². The molecule has 2 atom stereocenters. The number of aromatic hydroxyl groups is 1. The minimum absolute atomic E-state index is 0.00251. The molecular weight excluding hydrogens is 424 g/mol. The van der Waals surface area contributed by atoms with Crippen LogP contribution in [0.25, 0.3) is 0 Å². The standard InChI is InChI=1S/C26H23ClN2O3/c1-32-24-14-15(10-11-22(24)30)26-25-21(28-19-8-4-5-9-20(19)29-26)12-16(13-23(25)31)17-6-2-3-7-18(17)27/h2-11,14,16,26,28-30H,12-13H2,1H3/t16-,26+/m0/s1. The molecule has 0 unspecified atom stereocenters. The fourth-order valence-electron chi connectivity index (χ4n) is 4.64. The summed E-state index contributed by atoms with van der Waals surface area (Å²) in [5.41, 5.74) is 5.25. The van der Waals surface area contributed by atoms with E-state index < -0.39 is 0 Å². The number of Topliss-reactive ketones (excluding diaryl/α,β-unsaturated/α-hetero) is 1. The Bertz CT molecular complexity index is 1240.